The molecule has 19 heavy (non-hydrogen) atoms. The molecule has 5 heteroatoms. The second kappa shape index (κ2) is 6.30. The van der Waals surface area contributed by atoms with Crippen LogP contribution in [-0.2, 0) is 11.3 Å². The van der Waals surface area contributed by atoms with Gasteiger partial charge in [-0.15, -0.1) is 0 Å². The molecule has 0 aromatic carbocycles. The van der Waals surface area contributed by atoms with Gasteiger partial charge >= 0.3 is 0 Å². The van der Waals surface area contributed by atoms with Crippen LogP contribution >= 0.6 is 0 Å². The summed E-state index contributed by atoms with van der Waals surface area (Å²) in [6.07, 6.45) is 4.54. The molecule has 0 radical (unpaired) electrons. The molecular weight excluding hydrogens is 240 g/mol. The monoisotopic (exact) mass is 264 g/mol. The minimum atomic E-state index is 0.264. The van der Waals surface area contributed by atoms with Gasteiger partial charge in [-0.1, -0.05) is 0 Å². The van der Waals surface area contributed by atoms with E-state index in [1.165, 1.54) is 18.4 Å². The molecule has 0 amide bonds. The van der Waals surface area contributed by atoms with Crippen LogP contribution in [0.4, 0.5) is 5.95 Å². The molecule has 1 aliphatic rings. The van der Waals surface area contributed by atoms with Gasteiger partial charge in [0.1, 0.15) is 0 Å². The Hall–Kier alpha value is -1.20. The highest BCUT2D eigenvalue weighted by Gasteiger charge is 2.20. The van der Waals surface area contributed by atoms with Crippen LogP contribution < -0.4 is 10.2 Å². The predicted molar refractivity (Wildman–Crippen MR) is 76.4 cm³/mol. The van der Waals surface area contributed by atoms with E-state index >= 15 is 0 Å². The molecule has 1 aliphatic carbocycles. The first-order valence-corrected chi connectivity index (χ1v) is 6.89. The van der Waals surface area contributed by atoms with Crippen molar-refractivity contribution in [1.82, 2.24) is 15.3 Å². The first-order chi connectivity index (χ1) is 9.11. The van der Waals surface area contributed by atoms with E-state index in [9.17, 15) is 0 Å². The van der Waals surface area contributed by atoms with E-state index < -0.39 is 0 Å². The van der Waals surface area contributed by atoms with Gasteiger partial charge < -0.3 is 15.0 Å². The van der Waals surface area contributed by atoms with Crippen LogP contribution in [0.1, 0.15) is 31.0 Å². The maximum atomic E-state index is 5.16. The summed E-state index contributed by atoms with van der Waals surface area (Å²) in [5, 5.41) is 3.49. The molecule has 1 fully saturated rings. The lowest BCUT2D eigenvalue weighted by Gasteiger charge is -2.24. The lowest BCUT2D eigenvalue weighted by Crippen LogP contribution is -2.34. The molecule has 1 aromatic heterocycles. The largest absolute Gasteiger partial charge is 0.383 e. The van der Waals surface area contributed by atoms with Crippen molar-refractivity contribution >= 4 is 5.95 Å². The molecule has 0 bridgehead atoms. The Morgan fingerprint density at radius 2 is 2.26 bits per heavy atom. The van der Waals surface area contributed by atoms with Crippen molar-refractivity contribution < 1.29 is 4.74 Å². The van der Waals surface area contributed by atoms with Gasteiger partial charge in [0, 0.05) is 44.2 Å². The Bertz CT molecular complexity index is 420. The van der Waals surface area contributed by atoms with E-state index in [0.29, 0.717) is 12.6 Å². The van der Waals surface area contributed by atoms with Gasteiger partial charge in [0.15, 0.2) is 0 Å². The van der Waals surface area contributed by atoms with E-state index in [1.807, 2.05) is 20.2 Å². The highest BCUT2D eigenvalue weighted by Crippen LogP contribution is 2.20. The van der Waals surface area contributed by atoms with Gasteiger partial charge in [0.2, 0.25) is 5.95 Å². The minimum Gasteiger partial charge on any atom is -0.383 e. The summed E-state index contributed by atoms with van der Waals surface area (Å²) in [5.41, 5.74) is 2.23. The topological polar surface area (TPSA) is 50.3 Å². The number of aromatic nitrogens is 2. The first-order valence-electron chi connectivity index (χ1n) is 6.89. The average molecular weight is 264 g/mol. The molecule has 1 heterocycles. The Balaban J connectivity index is 1.99. The van der Waals surface area contributed by atoms with Crippen LogP contribution in [-0.4, -0.2) is 42.8 Å². The molecule has 0 saturated heterocycles. The third kappa shape index (κ3) is 3.88. The van der Waals surface area contributed by atoms with E-state index in [4.69, 9.17) is 4.74 Å². The summed E-state index contributed by atoms with van der Waals surface area (Å²) < 4.78 is 5.16. The maximum absolute atomic E-state index is 5.16. The van der Waals surface area contributed by atoms with Crippen LogP contribution in [0, 0.1) is 6.92 Å². The molecule has 1 atom stereocenters. The van der Waals surface area contributed by atoms with Crippen molar-refractivity contribution in [3.05, 3.63) is 17.5 Å². The molecule has 2 rings (SSSR count). The number of rotatable bonds is 7. The second-order valence-electron chi connectivity index (χ2n) is 5.35. The Morgan fingerprint density at radius 1 is 1.53 bits per heavy atom. The molecule has 5 nitrogen and oxygen atoms in total. The van der Waals surface area contributed by atoms with E-state index in [2.05, 4.69) is 27.1 Å². The summed E-state index contributed by atoms with van der Waals surface area (Å²) in [5.74, 6) is 0.761. The Kier molecular flexibility index (Phi) is 4.71. The molecule has 0 spiro atoms. The molecule has 1 aromatic rings. The number of methoxy groups -OCH3 is 1. The normalized spacial score (nSPS) is 16.4. The second-order valence-corrected chi connectivity index (χ2v) is 5.35. The van der Waals surface area contributed by atoms with E-state index in [-0.39, 0.29) is 6.04 Å². The van der Waals surface area contributed by atoms with Gasteiger partial charge in [0.05, 0.1) is 12.6 Å². The zero-order valence-electron chi connectivity index (χ0n) is 12.3. The van der Waals surface area contributed by atoms with Crippen molar-refractivity contribution in [3.63, 3.8) is 0 Å². The van der Waals surface area contributed by atoms with Crippen molar-refractivity contribution in [3.8, 4) is 0 Å². The standard InChI is InChI=1S/C14H24N4O/c1-10(9-19-4)18(3)14-16-8-12(11(2)17-14)7-15-13-5-6-13/h8,10,13,15H,5-7,9H2,1-4H3. The van der Waals surface area contributed by atoms with Gasteiger partial charge in [-0.25, -0.2) is 9.97 Å². The SMILES string of the molecule is COCC(C)N(C)c1ncc(CNC2CC2)c(C)n1. The van der Waals surface area contributed by atoms with E-state index in [0.717, 1.165) is 18.2 Å². The number of nitrogens with one attached hydrogen (secondary N) is 1. The summed E-state index contributed by atoms with van der Waals surface area (Å²) in [7, 11) is 3.71. The molecular formula is C14H24N4O. The summed E-state index contributed by atoms with van der Waals surface area (Å²) in [6, 6.07) is 0.975. The van der Waals surface area contributed by atoms with Crippen molar-refractivity contribution in [2.75, 3.05) is 25.7 Å². The van der Waals surface area contributed by atoms with Gasteiger partial charge in [0.25, 0.3) is 0 Å². The predicted octanol–water partition coefficient (Wildman–Crippen LogP) is 1.51. The number of aryl methyl sites for hydroxylation is 1. The van der Waals surface area contributed by atoms with Gasteiger partial charge in [-0.3, -0.25) is 0 Å². The number of hydrogen-bond acceptors (Lipinski definition) is 5. The highest BCUT2D eigenvalue weighted by atomic mass is 16.5. The van der Waals surface area contributed by atoms with Crippen molar-refractivity contribution in [2.24, 2.45) is 0 Å². The Morgan fingerprint density at radius 3 is 2.84 bits per heavy atom. The lowest BCUT2D eigenvalue weighted by atomic mass is 10.2. The van der Waals surface area contributed by atoms with Gasteiger partial charge in [-0.2, -0.15) is 0 Å². The zero-order chi connectivity index (χ0) is 13.8. The maximum Gasteiger partial charge on any atom is 0.225 e. The van der Waals surface area contributed by atoms with Gasteiger partial charge in [-0.05, 0) is 26.7 Å². The molecule has 1 unspecified atom stereocenters. The summed E-state index contributed by atoms with van der Waals surface area (Å²) >= 11 is 0. The number of anilines is 1. The molecule has 0 aliphatic heterocycles. The number of hydrogen-bond donors (Lipinski definition) is 1. The van der Waals surface area contributed by atoms with E-state index in [1.54, 1.807) is 7.11 Å². The fraction of sp³-hybridized carbons (Fsp3) is 0.714. The fourth-order valence-electron chi connectivity index (χ4n) is 1.92. The van der Waals surface area contributed by atoms with Crippen LogP contribution in [0.2, 0.25) is 0 Å². The third-order valence-corrected chi connectivity index (χ3v) is 3.61. The Labute approximate surface area is 115 Å². The van der Waals surface area contributed by atoms with Crippen molar-refractivity contribution in [1.29, 1.82) is 0 Å². The lowest BCUT2D eigenvalue weighted by molar-refractivity contribution is 0.183. The molecule has 1 saturated carbocycles. The zero-order valence-corrected chi connectivity index (χ0v) is 12.3. The summed E-state index contributed by atoms with van der Waals surface area (Å²) in [4.78, 5) is 11.1. The number of nitrogens with zero attached hydrogens (tertiary/aromatic N) is 3. The quantitative estimate of drug-likeness (QED) is 0.809. The highest BCUT2D eigenvalue weighted by molar-refractivity contribution is 5.33. The van der Waals surface area contributed by atoms with Crippen molar-refractivity contribution in [2.45, 2.75) is 45.3 Å². The number of ether oxygens (including phenoxy) is 1. The third-order valence-electron chi connectivity index (χ3n) is 3.61. The first kappa shape index (κ1) is 14.2. The van der Waals surface area contributed by atoms with Crippen LogP contribution in [0.3, 0.4) is 0 Å². The minimum absolute atomic E-state index is 0.264. The molecule has 106 valence electrons. The summed E-state index contributed by atoms with van der Waals surface area (Å²) in [6.45, 7) is 5.69. The number of likely N-dealkylation sites (N-methyl/N-ethyl adjacent to an activating group) is 1. The molecule has 1 N–H and O–H groups in total. The average Bonchev–Trinajstić information content (AvgIpc) is 3.20. The van der Waals surface area contributed by atoms with Crippen LogP contribution in [0.15, 0.2) is 6.20 Å². The van der Waals surface area contributed by atoms with Crippen LogP contribution in [0.25, 0.3) is 0 Å². The smallest absolute Gasteiger partial charge is 0.225 e. The fourth-order valence-corrected chi connectivity index (χ4v) is 1.92. The van der Waals surface area contributed by atoms with Crippen LogP contribution in [0.5, 0.6) is 0 Å².